The van der Waals surface area contributed by atoms with E-state index in [2.05, 4.69) is 33.5 Å². The van der Waals surface area contributed by atoms with Crippen LogP contribution in [0.2, 0.25) is 0 Å². The molecule has 120 valence electrons. The summed E-state index contributed by atoms with van der Waals surface area (Å²) in [4.78, 5) is 7.89. The van der Waals surface area contributed by atoms with Gasteiger partial charge in [0.05, 0.1) is 11.5 Å². The Balaban J connectivity index is 1.73. The minimum Gasteiger partial charge on any atom is -0.361 e. The predicted molar refractivity (Wildman–Crippen MR) is 94.8 cm³/mol. The molecule has 4 rings (SSSR count). The van der Waals surface area contributed by atoms with E-state index in [0.29, 0.717) is 17.4 Å². The van der Waals surface area contributed by atoms with Crippen LogP contribution < -0.4 is 0 Å². The van der Waals surface area contributed by atoms with E-state index in [0.717, 1.165) is 34.6 Å². The largest absolute Gasteiger partial charge is 0.361 e. The highest BCUT2D eigenvalue weighted by atomic mass is 32.2. The maximum atomic E-state index is 11.7. The van der Waals surface area contributed by atoms with E-state index in [1.165, 1.54) is 10.9 Å². The molecule has 0 aliphatic carbocycles. The Kier molecular flexibility index (Phi) is 3.54. The molecule has 0 spiro atoms. The van der Waals surface area contributed by atoms with Crippen LogP contribution in [0.4, 0.5) is 0 Å². The lowest BCUT2D eigenvalue weighted by atomic mass is 9.93. The predicted octanol–water partition coefficient (Wildman–Crippen LogP) is 3.89. The highest BCUT2D eigenvalue weighted by molar-refractivity contribution is 7.91. The summed E-state index contributed by atoms with van der Waals surface area (Å²) in [6.45, 7) is 2.00. The van der Waals surface area contributed by atoms with Crippen molar-refractivity contribution >= 4 is 32.1 Å². The van der Waals surface area contributed by atoms with Crippen molar-refractivity contribution in [1.29, 1.82) is 0 Å². The van der Waals surface area contributed by atoms with Crippen LogP contribution in [0.25, 0.3) is 21.5 Å². The first-order chi connectivity index (χ1) is 11.0. The van der Waals surface area contributed by atoms with Gasteiger partial charge in [-0.3, -0.25) is 0 Å². The van der Waals surface area contributed by atoms with Gasteiger partial charge >= 0.3 is 0 Å². The summed E-state index contributed by atoms with van der Waals surface area (Å²) in [5.74, 6) is 0.923. The molecule has 1 saturated heterocycles. The molecule has 0 saturated carbocycles. The quantitative estimate of drug-likeness (QED) is 0.765. The van der Waals surface area contributed by atoms with Crippen molar-refractivity contribution in [2.75, 3.05) is 11.5 Å². The Hall–Kier alpha value is -1.66. The molecule has 6 heteroatoms. The van der Waals surface area contributed by atoms with Gasteiger partial charge in [0.1, 0.15) is 14.8 Å². The summed E-state index contributed by atoms with van der Waals surface area (Å²) in [5, 5.41) is 4.28. The molecule has 1 aliphatic rings. The molecular weight excluding hydrogens is 328 g/mol. The maximum absolute atomic E-state index is 11.7. The van der Waals surface area contributed by atoms with E-state index in [4.69, 9.17) is 0 Å². The molecule has 1 aliphatic heterocycles. The smallest absolute Gasteiger partial charge is 0.150 e. The molecule has 23 heavy (non-hydrogen) atoms. The molecule has 3 heterocycles. The van der Waals surface area contributed by atoms with Gasteiger partial charge in [-0.15, -0.1) is 11.3 Å². The zero-order valence-electron chi connectivity index (χ0n) is 12.9. The third kappa shape index (κ3) is 2.81. The first-order valence-corrected chi connectivity index (χ1v) is 10.5. The number of nitrogens with zero attached hydrogens (tertiary/aromatic N) is 1. The minimum atomic E-state index is -2.83. The second kappa shape index (κ2) is 5.46. The second-order valence-corrected chi connectivity index (χ2v) is 9.39. The van der Waals surface area contributed by atoms with E-state index in [1.807, 2.05) is 13.1 Å². The number of rotatable bonds is 2. The number of fused-ring (bicyclic) bond motifs is 1. The third-order valence-electron chi connectivity index (χ3n) is 4.57. The van der Waals surface area contributed by atoms with Crippen LogP contribution in [0.15, 0.2) is 29.8 Å². The van der Waals surface area contributed by atoms with Crippen molar-refractivity contribution in [3.63, 3.8) is 0 Å². The number of sulfone groups is 1. The van der Waals surface area contributed by atoms with Crippen LogP contribution in [0.5, 0.6) is 0 Å². The standard InChI is InChI=1S/C17H18N2O2S2/c1-11-10-22-17(19-11)13-2-3-16-14(8-13)15(9-18-16)12-4-6-23(20,21)7-5-12/h2-3,8-10,12,18H,4-7H2,1H3. The van der Waals surface area contributed by atoms with Gasteiger partial charge < -0.3 is 4.98 Å². The summed E-state index contributed by atoms with van der Waals surface area (Å²) < 4.78 is 23.3. The van der Waals surface area contributed by atoms with E-state index in [-0.39, 0.29) is 0 Å². The van der Waals surface area contributed by atoms with Crippen LogP contribution in [-0.4, -0.2) is 29.9 Å². The molecule has 0 amide bonds. The third-order valence-corrected chi connectivity index (χ3v) is 7.30. The van der Waals surface area contributed by atoms with Gasteiger partial charge in [-0.05, 0) is 49.4 Å². The van der Waals surface area contributed by atoms with Crippen molar-refractivity contribution in [3.8, 4) is 10.6 Å². The Morgan fingerprint density at radius 3 is 2.74 bits per heavy atom. The van der Waals surface area contributed by atoms with Crippen molar-refractivity contribution in [3.05, 3.63) is 41.0 Å². The number of nitrogens with one attached hydrogen (secondary N) is 1. The Morgan fingerprint density at radius 1 is 1.26 bits per heavy atom. The van der Waals surface area contributed by atoms with Crippen molar-refractivity contribution in [1.82, 2.24) is 9.97 Å². The molecule has 3 aromatic rings. The van der Waals surface area contributed by atoms with Gasteiger partial charge in [-0.1, -0.05) is 0 Å². The summed E-state index contributed by atoms with van der Waals surface area (Å²) in [6.07, 6.45) is 3.48. The fourth-order valence-electron chi connectivity index (χ4n) is 3.30. The zero-order valence-corrected chi connectivity index (χ0v) is 14.5. The fourth-order valence-corrected chi connectivity index (χ4v) is 5.59. The molecule has 0 unspecified atom stereocenters. The maximum Gasteiger partial charge on any atom is 0.150 e. The Morgan fingerprint density at radius 2 is 2.04 bits per heavy atom. The first-order valence-electron chi connectivity index (χ1n) is 7.76. The molecule has 1 N–H and O–H groups in total. The average molecular weight is 346 g/mol. The van der Waals surface area contributed by atoms with Gasteiger partial charge in [-0.2, -0.15) is 0 Å². The average Bonchev–Trinajstić information content (AvgIpc) is 3.13. The first kappa shape index (κ1) is 14.9. The highest BCUT2D eigenvalue weighted by Gasteiger charge is 2.26. The molecule has 1 aromatic carbocycles. The Labute approximate surface area is 139 Å². The number of H-pyrrole nitrogens is 1. The Bertz CT molecular complexity index is 956. The van der Waals surface area contributed by atoms with Gasteiger partial charge in [0.15, 0.2) is 0 Å². The van der Waals surface area contributed by atoms with E-state index in [1.54, 1.807) is 11.3 Å². The fraction of sp³-hybridized carbons (Fsp3) is 0.353. The monoisotopic (exact) mass is 346 g/mol. The number of benzene rings is 1. The lowest BCUT2D eigenvalue weighted by Gasteiger charge is -2.21. The lowest BCUT2D eigenvalue weighted by Crippen LogP contribution is -2.21. The van der Waals surface area contributed by atoms with Crippen LogP contribution in [0, 0.1) is 6.92 Å². The number of hydrogen-bond donors (Lipinski definition) is 1. The van der Waals surface area contributed by atoms with Crippen LogP contribution in [0.1, 0.15) is 30.0 Å². The number of aryl methyl sites for hydroxylation is 1. The van der Waals surface area contributed by atoms with Crippen molar-refractivity contribution in [2.45, 2.75) is 25.7 Å². The van der Waals surface area contributed by atoms with Crippen molar-refractivity contribution in [2.24, 2.45) is 0 Å². The van der Waals surface area contributed by atoms with Crippen LogP contribution in [-0.2, 0) is 9.84 Å². The summed E-state index contributed by atoms with van der Waals surface area (Å²) in [7, 11) is -2.83. The van der Waals surface area contributed by atoms with Gasteiger partial charge in [0.2, 0.25) is 0 Å². The molecule has 1 fully saturated rings. The molecule has 4 nitrogen and oxygen atoms in total. The number of hydrogen-bond acceptors (Lipinski definition) is 4. The van der Waals surface area contributed by atoms with Gasteiger partial charge in [-0.25, -0.2) is 13.4 Å². The van der Waals surface area contributed by atoms with Crippen molar-refractivity contribution < 1.29 is 8.42 Å². The number of thiazole rings is 1. The van der Waals surface area contributed by atoms with Gasteiger partial charge in [0, 0.05) is 33.7 Å². The van der Waals surface area contributed by atoms with Crippen LogP contribution in [0.3, 0.4) is 0 Å². The molecule has 0 bridgehead atoms. The summed E-state index contributed by atoms with van der Waals surface area (Å²) in [5.41, 5.74) is 4.51. The minimum absolute atomic E-state index is 0.301. The second-order valence-electron chi connectivity index (χ2n) is 6.22. The zero-order chi connectivity index (χ0) is 16.0. The molecule has 0 radical (unpaired) electrons. The lowest BCUT2D eigenvalue weighted by molar-refractivity contribution is 0.551. The number of aromatic amines is 1. The number of aromatic nitrogens is 2. The topological polar surface area (TPSA) is 62.8 Å². The van der Waals surface area contributed by atoms with E-state index < -0.39 is 9.84 Å². The molecular formula is C17H18N2O2S2. The highest BCUT2D eigenvalue weighted by Crippen LogP contribution is 2.36. The van der Waals surface area contributed by atoms with Gasteiger partial charge in [0.25, 0.3) is 0 Å². The van der Waals surface area contributed by atoms with E-state index >= 15 is 0 Å². The van der Waals surface area contributed by atoms with Crippen LogP contribution >= 0.6 is 11.3 Å². The SMILES string of the molecule is Cc1csc(-c2ccc3[nH]cc(C4CCS(=O)(=O)CC4)c3c2)n1. The normalized spacial score (nSPS) is 18.5. The van der Waals surface area contributed by atoms with E-state index in [9.17, 15) is 8.42 Å². The molecule has 0 atom stereocenters. The summed E-state index contributed by atoms with van der Waals surface area (Å²) >= 11 is 1.65. The molecule has 2 aromatic heterocycles. The summed E-state index contributed by atoms with van der Waals surface area (Å²) in [6, 6.07) is 6.36.